The lowest BCUT2D eigenvalue weighted by Gasteiger charge is -2.08. The molecule has 0 aliphatic heterocycles. The molecule has 0 unspecified atom stereocenters. The third-order valence-corrected chi connectivity index (χ3v) is 2.56. The van der Waals surface area contributed by atoms with Gasteiger partial charge in [0.25, 0.3) is 5.91 Å². The van der Waals surface area contributed by atoms with E-state index in [0.717, 1.165) is 0 Å². The largest absolute Gasteiger partial charge is 0.384 e. The van der Waals surface area contributed by atoms with Crippen LogP contribution in [0.15, 0.2) is 36.5 Å². The molecule has 4 nitrogen and oxygen atoms in total. The van der Waals surface area contributed by atoms with E-state index < -0.39 is 11.7 Å². The molecule has 0 bridgehead atoms. The number of nitrogens with two attached hydrogens (primary N) is 1. The van der Waals surface area contributed by atoms with Crippen molar-refractivity contribution in [2.45, 2.75) is 0 Å². The van der Waals surface area contributed by atoms with E-state index in [2.05, 4.69) is 10.3 Å². The quantitative estimate of drug-likeness (QED) is 0.877. The second kappa shape index (κ2) is 5.01. The number of carbonyl (C=O) groups is 1. The van der Waals surface area contributed by atoms with Crippen molar-refractivity contribution in [3.63, 3.8) is 0 Å². The van der Waals surface area contributed by atoms with Crippen LogP contribution in [0.1, 0.15) is 10.4 Å². The van der Waals surface area contributed by atoms with Crippen LogP contribution in [0.3, 0.4) is 0 Å². The van der Waals surface area contributed by atoms with Crippen molar-refractivity contribution >= 4 is 29.0 Å². The number of para-hydroxylation sites is 1. The molecule has 0 spiro atoms. The highest BCUT2D eigenvalue weighted by Gasteiger charge is 2.12. The maximum absolute atomic E-state index is 13.5. The number of carbonyl (C=O) groups excluding carboxylic acids is 1. The van der Waals surface area contributed by atoms with Gasteiger partial charge in [-0.1, -0.05) is 17.7 Å². The third kappa shape index (κ3) is 2.57. The first-order chi connectivity index (χ1) is 8.58. The number of anilines is 2. The van der Waals surface area contributed by atoms with Crippen LogP contribution in [-0.4, -0.2) is 10.9 Å². The molecule has 3 N–H and O–H groups in total. The average Bonchev–Trinajstić information content (AvgIpc) is 2.34. The number of nitrogens with zero attached hydrogens (tertiary/aromatic N) is 1. The van der Waals surface area contributed by atoms with Crippen LogP contribution < -0.4 is 11.1 Å². The Morgan fingerprint density at radius 1 is 1.33 bits per heavy atom. The highest BCUT2D eigenvalue weighted by molar-refractivity contribution is 6.33. The van der Waals surface area contributed by atoms with Gasteiger partial charge >= 0.3 is 0 Å². The molecule has 2 rings (SSSR count). The minimum atomic E-state index is -0.598. The Hall–Kier alpha value is -2.14. The van der Waals surface area contributed by atoms with Gasteiger partial charge in [0, 0.05) is 6.20 Å². The minimum absolute atomic E-state index is 0.0546. The molecule has 0 aliphatic rings. The average molecular weight is 266 g/mol. The maximum Gasteiger partial charge on any atom is 0.257 e. The Bertz CT molecular complexity index is 566. The summed E-state index contributed by atoms with van der Waals surface area (Å²) in [5.41, 5.74) is 5.62. The maximum atomic E-state index is 13.5. The lowest BCUT2D eigenvalue weighted by Crippen LogP contribution is -2.13. The normalized spacial score (nSPS) is 10.1. The smallest absolute Gasteiger partial charge is 0.257 e. The number of nitrogen functional groups attached to an aromatic ring is 1. The highest BCUT2D eigenvalue weighted by Crippen LogP contribution is 2.25. The van der Waals surface area contributed by atoms with Crippen molar-refractivity contribution in [3.8, 4) is 0 Å². The fourth-order valence-electron chi connectivity index (χ4n) is 1.34. The van der Waals surface area contributed by atoms with Crippen molar-refractivity contribution < 1.29 is 9.18 Å². The topological polar surface area (TPSA) is 68.0 Å². The predicted octanol–water partition coefficient (Wildman–Crippen LogP) is 2.71. The Balaban J connectivity index is 2.24. The van der Waals surface area contributed by atoms with Crippen LogP contribution in [0, 0.1) is 5.82 Å². The first kappa shape index (κ1) is 12.3. The number of nitrogens with one attached hydrogen (secondary N) is 1. The Kier molecular flexibility index (Phi) is 3.43. The summed E-state index contributed by atoms with van der Waals surface area (Å²) in [7, 11) is 0. The van der Waals surface area contributed by atoms with Crippen molar-refractivity contribution in [2.75, 3.05) is 11.1 Å². The van der Waals surface area contributed by atoms with Gasteiger partial charge in [-0.25, -0.2) is 9.37 Å². The van der Waals surface area contributed by atoms with Crippen LogP contribution >= 0.6 is 11.6 Å². The molecule has 0 radical (unpaired) electrons. The lowest BCUT2D eigenvalue weighted by atomic mass is 10.2. The molecule has 1 amide bonds. The molecule has 1 aromatic heterocycles. The van der Waals surface area contributed by atoms with Gasteiger partial charge in [-0.05, 0) is 24.3 Å². The van der Waals surface area contributed by atoms with Gasteiger partial charge in [-0.2, -0.15) is 0 Å². The van der Waals surface area contributed by atoms with Crippen molar-refractivity contribution in [3.05, 3.63) is 52.9 Å². The van der Waals surface area contributed by atoms with E-state index in [1.807, 2.05) is 0 Å². The van der Waals surface area contributed by atoms with E-state index in [1.54, 1.807) is 0 Å². The van der Waals surface area contributed by atoms with Gasteiger partial charge in [-0.15, -0.1) is 0 Å². The lowest BCUT2D eigenvalue weighted by molar-refractivity contribution is 0.102. The van der Waals surface area contributed by atoms with E-state index in [1.165, 1.54) is 36.5 Å². The summed E-state index contributed by atoms with van der Waals surface area (Å²) in [6.07, 6.45) is 1.30. The minimum Gasteiger partial charge on any atom is -0.384 e. The van der Waals surface area contributed by atoms with Crippen molar-refractivity contribution in [1.29, 1.82) is 0 Å². The number of benzene rings is 1. The van der Waals surface area contributed by atoms with Gasteiger partial charge < -0.3 is 11.1 Å². The molecule has 0 fully saturated rings. The summed E-state index contributed by atoms with van der Waals surface area (Å²) in [6.45, 7) is 0. The number of hydrogen-bond acceptors (Lipinski definition) is 3. The number of halogens is 2. The fourth-order valence-corrected chi connectivity index (χ4v) is 1.55. The monoisotopic (exact) mass is 265 g/mol. The zero-order valence-electron chi connectivity index (χ0n) is 9.15. The van der Waals surface area contributed by atoms with Gasteiger partial charge in [0.1, 0.15) is 11.6 Å². The number of hydrogen-bond donors (Lipinski definition) is 2. The van der Waals surface area contributed by atoms with Crippen molar-refractivity contribution in [1.82, 2.24) is 4.98 Å². The molecule has 0 aliphatic carbocycles. The van der Waals surface area contributed by atoms with Crippen molar-refractivity contribution in [2.24, 2.45) is 0 Å². The molecule has 0 atom stereocenters. The van der Waals surface area contributed by atoms with E-state index >= 15 is 0 Å². The SMILES string of the molecule is Nc1ccc(C(=O)Nc2c(F)cccc2Cl)cn1. The summed E-state index contributed by atoms with van der Waals surface area (Å²) in [5.74, 6) is -0.802. The molecule has 6 heteroatoms. The van der Waals surface area contributed by atoms with E-state index in [9.17, 15) is 9.18 Å². The number of pyridine rings is 1. The van der Waals surface area contributed by atoms with Gasteiger partial charge in [0.05, 0.1) is 16.3 Å². The summed E-state index contributed by atoms with van der Waals surface area (Å²) >= 11 is 5.80. The summed E-state index contributed by atoms with van der Waals surface area (Å²) in [4.78, 5) is 15.6. The van der Waals surface area contributed by atoms with E-state index in [0.29, 0.717) is 5.82 Å². The van der Waals surface area contributed by atoms with E-state index in [4.69, 9.17) is 17.3 Å². The Labute approximate surface area is 108 Å². The predicted molar refractivity (Wildman–Crippen MR) is 68.0 cm³/mol. The molecule has 2 aromatic rings. The highest BCUT2D eigenvalue weighted by atomic mass is 35.5. The fraction of sp³-hybridized carbons (Fsp3) is 0. The molecule has 1 aromatic carbocycles. The second-order valence-electron chi connectivity index (χ2n) is 3.52. The molecule has 92 valence electrons. The third-order valence-electron chi connectivity index (χ3n) is 2.25. The molecular weight excluding hydrogens is 257 g/mol. The molecule has 0 saturated heterocycles. The van der Waals surface area contributed by atoms with Crippen LogP contribution in [0.4, 0.5) is 15.9 Å². The van der Waals surface area contributed by atoms with Crippen LogP contribution in [0.5, 0.6) is 0 Å². The first-order valence-electron chi connectivity index (χ1n) is 5.05. The summed E-state index contributed by atoms with van der Waals surface area (Å²) in [5, 5.41) is 2.52. The number of rotatable bonds is 2. The van der Waals surface area contributed by atoms with Gasteiger partial charge in [0.2, 0.25) is 0 Å². The first-order valence-corrected chi connectivity index (χ1v) is 5.42. The van der Waals surface area contributed by atoms with Gasteiger partial charge in [0.15, 0.2) is 0 Å². The van der Waals surface area contributed by atoms with Crippen LogP contribution in [0.2, 0.25) is 5.02 Å². The van der Waals surface area contributed by atoms with E-state index in [-0.39, 0.29) is 16.3 Å². The Morgan fingerprint density at radius 2 is 2.11 bits per heavy atom. The second-order valence-corrected chi connectivity index (χ2v) is 3.93. The number of amides is 1. The number of aromatic nitrogens is 1. The van der Waals surface area contributed by atoms with Crippen LogP contribution in [-0.2, 0) is 0 Å². The zero-order valence-corrected chi connectivity index (χ0v) is 9.91. The van der Waals surface area contributed by atoms with Gasteiger partial charge in [-0.3, -0.25) is 4.79 Å². The van der Waals surface area contributed by atoms with Crippen LogP contribution in [0.25, 0.3) is 0 Å². The standard InChI is InChI=1S/C12H9ClFN3O/c13-8-2-1-3-9(14)11(8)17-12(18)7-4-5-10(15)16-6-7/h1-6H,(H2,15,16)(H,17,18). The zero-order chi connectivity index (χ0) is 13.1. The Morgan fingerprint density at radius 3 is 2.72 bits per heavy atom. The molecule has 0 saturated carbocycles. The molecule has 1 heterocycles. The molecular formula is C12H9ClFN3O. The molecule has 18 heavy (non-hydrogen) atoms. The summed E-state index contributed by atoms with van der Waals surface area (Å²) < 4.78 is 13.5. The summed E-state index contributed by atoms with van der Waals surface area (Å²) in [6, 6.07) is 7.13.